The van der Waals surface area contributed by atoms with Gasteiger partial charge in [-0.2, -0.15) is 0 Å². The molecule has 17 heavy (non-hydrogen) atoms. The second kappa shape index (κ2) is 7.35. The Morgan fingerprint density at radius 3 is 2.76 bits per heavy atom. The highest BCUT2D eigenvalue weighted by molar-refractivity contribution is 5.19. The summed E-state index contributed by atoms with van der Waals surface area (Å²) in [6, 6.07) is 4.44. The molecule has 4 heteroatoms. The Kier molecular flexibility index (Phi) is 6.08. The van der Waals surface area contributed by atoms with E-state index in [0.717, 1.165) is 18.9 Å². The molecule has 2 nitrogen and oxygen atoms in total. The van der Waals surface area contributed by atoms with Crippen molar-refractivity contribution in [2.24, 2.45) is 0 Å². The van der Waals surface area contributed by atoms with Gasteiger partial charge in [-0.05, 0) is 37.9 Å². The number of ether oxygens (including phenoxy) is 1. The van der Waals surface area contributed by atoms with Crippen LogP contribution in [0.15, 0.2) is 18.2 Å². The smallest absolute Gasteiger partial charge is 0.162 e. The molecule has 0 aliphatic heterocycles. The van der Waals surface area contributed by atoms with Gasteiger partial charge >= 0.3 is 0 Å². The van der Waals surface area contributed by atoms with Gasteiger partial charge < -0.3 is 10.1 Å². The molecule has 0 amide bonds. The maximum Gasteiger partial charge on any atom is 0.162 e. The van der Waals surface area contributed by atoms with Crippen molar-refractivity contribution >= 4 is 0 Å². The summed E-state index contributed by atoms with van der Waals surface area (Å²) >= 11 is 0. The van der Waals surface area contributed by atoms with E-state index in [4.69, 9.17) is 4.74 Å². The molecule has 96 valence electrons. The number of hydrogen-bond donors (Lipinski definition) is 1. The molecule has 1 rings (SSSR count). The standard InChI is InChI=1S/C13H19F2NO/c1-16-11(6-4-8-17-2)9-10-5-3-7-12(14)13(10)15/h3,5,7,11,16H,4,6,8-9H2,1-2H3. The molecular weight excluding hydrogens is 224 g/mol. The maximum atomic E-state index is 13.5. The Balaban J connectivity index is 2.57. The van der Waals surface area contributed by atoms with Crippen LogP contribution >= 0.6 is 0 Å². The summed E-state index contributed by atoms with van der Waals surface area (Å²) in [5.74, 6) is -1.52. The first kappa shape index (κ1) is 14.1. The Labute approximate surface area is 101 Å². The minimum Gasteiger partial charge on any atom is -0.385 e. The van der Waals surface area contributed by atoms with Crippen molar-refractivity contribution in [3.63, 3.8) is 0 Å². The van der Waals surface area contributed by atoms with Crippen LogP contribution in [0.1, 0.15) is 18.4 Å². The largest absolute Gasteiger partial charge is 0.385 e. The Morgan fingerprint density at radius 1 is 1.35 bits per heavy atom. The predicted octanol–water partition coefficient (Wildman–Crippen LogP) is 2.52. The van der Waals surface area contributed by atoms with Gasteiger partial charge in [-0.3, -0.25) is 0 Å². The van der Waals surface area contributed by atoms with Gasteiger partial charge in [0, 0.05) is 19.8 Å². The van der Waals surface area contributed by atoms with E-state index in [2.05, 4.69) is 5.32 Å². The lowest BCUT2D eigenvalue weighted by Gasteiger charge is -2.16. The second-order valence-electron chi connectivity index (χ2n) is 4.04. The van der Waals surface area contributed by atoms with Gasteiger partial charge in [-0.15, -0.1) is 0 Å². The van der Waals surface area contributed by atoms with Crippen LogP contribution in [-0.4, -0.2) is 26.8 Å². The third-order valence-corrected chi connectivity index (χ3v) is 2.81. The number of benzene rings is 1. The average Bonchev–Trinajstić information content (AvgIpc) is 2.33. The van der Waals surface area contributed by atoms with E-state index in [1.54, 1.807) is 13.2 Å². The fraction of sp³-hybridized carbons (Fsp3) is 0.538. The molecule has 0 saturated heterocycles. The fourth-order valence-corrected chi connectivity index (χ4v) is 1.79. The highest BCUT2D eigenvalue weighted by Crippen LogP contribution is 2.14. The molecule has 0 radical (unpaired) electrons. The van der Waals surface area contributed by atoms with Crippen molar-refractivity contribution in [2.45, 2.75) is 25.3 Å². The first-order valence-corrected chi connectivity index (χ1v) is 5.78. The highest BCUT2D eigenvalue weighted by atomic mass is 19.2. The van der Waals surface area contributed by atoms with Gasteiger partial charge in [0.2, 0.25) is 0 Å². The maximum absolute atomic E-state index is 13.5. The molecule has 0 aromatic heterocycles. The van der Waals surface area contributed by atoms with E-state index in [0.29, 0.717) is 18.6 Å². The summed E-state index contributed by atoms with van der Waals surface area (Å²) in [5, 5.41) is 3.11. The fourth-order valence-electron chi connectivity index (χ4n) is 1.79. The lowest BCUT2D eigenvalue weighted by molar-refractivity contribution is 0.189. The number of halogens is 2. The van der Waals surface area contributed by atoms with Gasteiger partial charge in [0.25, 0.3) is 0 Å². The van der Waals surface area contributed by atoms with E-state index in [1.165, 1.54) is 6.07 Å². The van der Waals surface area contributed by atoms with Crippen molar-refractivity contribution in [1.29, 1.82) is 0 Å². The predicted molar refractivity (Wildman–Crippen MR) is 64.0 cm³/mol. The van der Waals surface area contributed by atoms with Crippen LogP contribution in [0.4, 0.5) is 8.78 Å². The van der Waals surface area contributed by atoms with Gasteiger partial charge in [0.15, 0.2) is 11.6 Å². The molecule has 1 N–H and O–H groups in total. The Bertz CT molecular complexity index is 344. The lowest BCUT2D eigenvalue weighted by atomic mass is 10.0. The zero-order valence-corrected chi connectivity index (χ0v) is 10.3. The molecule has 0 aliphatic rings. The molecule has 1 atom stereocenters. The molecule has 0 heterocycles. The van der Waals surface area contributed by atoms with Crippen LogP contribution in [-0.2, 0) is 11.2 Å². The zero-order chi connectivity index (χ0) is 12.7. The van der Waals surface area contributed by atoms with E-state index in [9.17, 15) is 8.78 Å². The summed E-state index contributed by atoms with van der Waals surface area (Å²) < 4.78 is 31.5. The SMILES string of the molecule is CNC(CCCOC)Cc1cccc(F)c1F. The van der Waals surface area contributed by atoms with Crippen LogP contribution in [0.2, 0.25) is 0 Å². The van der Waals surface area contributed by atoms with Crippen LogP contribution in [0.3, 0.4) is 0 Å². The van der Waals surface area contributed by atoms with E-state index in [-0.39, 0.29) is 6.04 Å². The number of methoxy groups -OCH3 is 1. The summed E-state index contributed by atoms with van der Waals surface area (Å²) in [4.78, 5) is 0. The summed E-state index contributed by atoms with van der Waals surface area (Å²) in [6.45, 7) is 0.684. The van der Waals surface area contributed by atoms with Gasteiger partial charge in [0.05, 0.1) is 0 Å². The molecular formula is C13H19F2NO. The van der Waals surface area contributed by atoms with Crippen LogP contribution in [0.25, 0.3) is 0 Å². The van der Waals surface area contributed by atoms with E-state index >= 15 is 0 Å². The first-order valence-electron chi connectivity index (χ1n) is 5.78. The second-order valence-corrected chi connectivity index (χ2v) is 4.04. The Hall–Kier alpha value is -1.00. The van der Waals surface area contributed by atoms with Crippen molar-refractivity contribution in [3.8, 4) is 0 Å². The molecule has 0 aliphatic carbocycles. The van der Waals surface area contributed by atoms with E-state index < -0.39 is 11.6 Å². The average molecular weight is 243 g/mol. The molecule has 1 unspecified atom stereocenters. The monoisotopic (exact) mass is 243 g/mol. The molecule has 1 aromatic carbocycles. The van der Waals surface area contributed by atoms with Gasteiger partial charge in [-0.25, -0.2) is 8.78 Å². The van der Waals surface area contributed by atoms with Crippen LogP contribution in [0, 0.1) is 11.6 Å². The summed E-state index contributed by atoms with van der Waals surface area (Å²) in [7, 11) is 3.48. The van der Waals surface area contributed by atoms with Crippen molar-refractivity contribution in [1.82, 2.24) is 5.32 Å². The summed E-state index contributed by atoms with van der Waals surface area (Å²) in [6.07, 6.45) is 2.27. The number of hydrogen-bond acceptors (Lipinski definition) is 2. The van der Waals surface area contributed by atoms with Crippen LogP contribution < -0.4 is 5.32 Å². The zero-order valence-electron chi connectivity index (χ0n) is 10.3. The third kappa shape index (κ3) is 4.40. The number of nitrogens with one attached hydrogen (secondary N) is 1. The van der Waals surface area contributed by atoms with Crippen molar-refractivity contribution in [3.05, 3.63) is 35.4 Å². The Morgan fingerprint density at radius 2 is 2.12 bits per heavy atom. The lowest BCUT2D eigenvalue weighted by Crippen LogP contribution is -2.28. The quantitative estimate of drug-likeness (QED) is 0.743. The van der Waals surface area contributed by atoms with Gasteiger partial charge in [-0.1, -0.05) is 12.1 Å². The summed E-state index contributed by atoms with van der Waals surface area (Å²) in [5.41, 5.74) is 0.418. The molecule has 0 bridgehead atoms. The molecule has 0 saturated carbocycles. The topological polar surface area (TPSA) is 21.3 Å². The minimum atomic E-state index is -0.783. The van der Waals surface area contributed by atoms with Crippen molar-refractivity contribution in [2.75, 3.05) is 20.8 Å². The third-order valence-electron chi connectivity index (χ3n) is 2.81. The molecule has 1 aromatic rings. The first-order chi connectivity index (χ1) is 8.19. The molecule has 0 fully saturated rings. The molecule has 0 spiro atoms. The van der Waals surface area contributed by atoms with Crippen molar-refractivity contribution < 1.29 is 13.5 Å². The van der Waals surface area contributed by atoms with Gasteiger partial charge in [0.1, 0.15) is 0 Å². The minimum absolute atomic E-state index is 0.140. The van der Waals surface area contributed by atoms with Crippen LogP contribution in [0.5, 0.6) is 0 Å². The van der Waals surface area contributed by atoms with E-state index in [1.807, 2.05) is 7.05 Å². The number of rotatable bonds is 7. The number of likely N-dealkylation sites (N-methyl/N-ethyl adjacent to an activating group) is 1. The normalized spacial score (nSPS) is 12.7. The highest BCUT2D eigenvalue weighted by Gasteiger charge is 2.12.